The highest BCUT2D eigenvalue weighted by Gasteiger charge is 2.41. The van der Waals surface area contributed by atoms with Gasteiger partial charge in [0, 0.05) is 26.2 Å². The normalized spacial score (nSPS) is 29.3. The van der Waals surface area contributed by atoms with Crippen molar-refractivity contribution in [3.63, 3.8) is 0 Å². The van der Waals surface area contributed by atoms with Crippen molar-refractivity contribution in [1.82, 2.24) is 10.2 Å². The molecule has 2 saturated heterocycles. The van der Waals surface area contributed by atoms with Crippen molar-refractivity contribution in [3.8, 4) is 11.5 Å². The van der Waals surface area contributed by atoms with Crippen LogP contribution < -0.4 is 14.8 Å². The molecule has 0 spiro atoms. The molecule has 2 fully saturated rings. The molecule has 1 amide bonds. The van der Waals surface area contributed by atoms with Gasteiger partial charge in [0.05, 0.1) is 6.10 Å². The van der Waals surface area contributed by atoms with Crippen molar-refractivity contribution in [3.05, 3.63) is 23.8 Å². The molecular formula is C17H22N2O4. The standard InChI is InChI=1S/C17H22N2O4/c1-18-17(20)15-5-3-12-13(23-15)6-7-19(12)9-11-2-4-14-16(8-11)22-10-21-14/h2,4,8,12-13,15H,3,5-7,9-10H2,1H3,(H,18,20)/t12-,13-,15-/m1/s1. The fraction of sp³-hybridized carbons (Fsp3) is 0.588. The summed E-state index contributed by atoms with van der Waals surface area (Å²) < 4.78 is 16.8. The van der Waals surface area contributed by atoms with E-state index in [4.69, 9.17) is 14.2 Å². The first-order valence-electron chi connectivity index (χ1n) is 8.24. The first-order chi connectivity index (χ1) is 11.2. The van der Waals surface area contributed by atoms with Gasteiger partial charge >= 0.3 is 0 Å². The number of hydrogen-bond donors (Lipinski definition) is 1. The van der Waals surface area contributed by atoms with E-state index in [0.717, 1.165) is 43.9 Å². The SMILES string of the molecule is CNC(=O)[C@H]1CC[C@@H]2[C@@H](CCN2Cc2ccc3c(c2)OCO3)O1. The molecule has 0 aliphatic carbocycles. The predicted molar refractivity (Wildman–Crippen MR) is 83.3 cm³/mol. The minimum Gasteiger partial charge on any atom is -0.454 e. The average molecular weight is 318 g/mol. The highest BCUT2D eigenvalue weighted by atomic mass is 16.7. The number of carbonyl (C=O) groups is 1. The van der Waals surface area contributed by atoms with Crippen LogP contribution in [-0.2, 0) is 16.1 Å². The Morgan fingerprint density at radius 3 is 3.00 bits per heavy atom. The van der Waals surface area contributed by atoms with Crippen molar-refractivity contribution < 1.29 is 19.0 Å². The van der Waals surface area contributed by atoms with Crippen molar-refractivity contribution in [2.45, 2.75) is 44.1 Å². The van der Waals surface area contributed by atoms with Gasteiger partial charge in [-0.1, -0.05) is 6.07 Å². The molecule has 3 heterocycles. The Labute approximate surface area is 135 Å². The third kappa shape index (κ3) is 2.77. The maximum absolute atomic E-state index is 11.8. The lowest BCUT2D eigenvalue weighted by Gasteiger charge is -2.35. The van der Waals surface area contributed by atoms with Crippen LogP contribution in [-0.4, -0.2) is 49.4 Å². The van der Waals surface area contributed by atoms with Crippen molar-refractivity contribution in [2.24, 2.45) is 0 Å². The Bertz CT molecular complexity index is 606. The lowest BCUT2D eigenvalue weighted by Crippen LogP contribution is -2.47. The molecular weight excluding hydrogens is 296 g/mol. The molecule has 0 unspecified atom stereocenters. The monoisotopic (exact) mass is 318 g/mol. The van der Waals surface area contributed by atoms with E-state index in [1.165, 1.54) is 5.56 Å². The summed E-state index contributed by atoms with van der Waals surface area (Å²) in [4.78, 5) is 14.2. The third-order valence-corrected chi connectivity index (χ3v) is 5.02. The zero-order valence-electron chi connectivity index (χ0n) is 13.3. The second-order valence-corrected chi connectivity index (χ2v) is 6.37. The third-order valence-electron chi connectivity index (χ3n) is 5.02. The molecule has 0 aromatic heterocycles. The summed E-state index contributed by atoms with van der Waals surface area (Å²) in [6.45, 7) is 2.19. The van der Waals surface area contributed by atoms with Gasteiger partial charge in [0.15, 0.2) is 11.5 Å². The molecule has 3 aliphatic rings. The average Bonchev–Trinajstić information content (AvgIpc) is 3.20. The fourth-order valence-corrected chi connectivity index (χ4v) is 3.84. The minimum absolute atomic E-state index is 0.00216. The number of nitrogens with one attached hydrogen (secondary N) is 1. The van der Waals surface area contributed by atoms with Gasteiger partial charge in [-0.3, -0.25) is 9.69 Å². The van der Waals surface area contributed by atoms with Gasteiger partial charge in [0.25, 0.3) is 0 Å². The minimum atomic E-state index is -0.285. The maximum Gasteiger partial charge on any atom is 0.248 e. The molecule has 0 radical (unpaired) electrons. The highest BCUT2D eigenvalue weighted by Crippen LogP contribution is 2.35. The van der Waals surface area contributed by atoms with Crippen LogP contribution in [0.5, 0.6) is 11.5 Å². The molecule has 1 aromatic carbocycles. The molecule has 23 heavy (non-hydrogen) atoms. The Morgan fingerprint density at radius 2 is 2.13 bits per heavy atom. The van der Waals surface area contributed by atoms with Crippen LogP contribution in [0.4, 0.5) is 0 Å². The van der Waals surface area contributed by atoms with Crippen LogP contribution in [0.2, 0.25) is 0 Å². The molecule has 1 aromatic rings. The number of likely N-dealkylation sites (tertiary alicyclic amines) is 1. The second-order valence-electron chi connectivity index (χ2n) is 6.37. The molecule has 1 N–H and O–H groups in total. The largest absolute Gasteiger partial charge is 0.454 e. The van der Waals surface area contributed by atoms with Gasteiger partial charge in [-0.05, 0) is 37.0 Å². The lowest BCUT2D eigenvalue weighted by atomic mass is 9.98. The topological polar surface area (TPSA) is 60.0 Å². The molecule has 124 valence electrons. The van der Waals surface area contributed by atoms with Crippen LogP contribution in [0.1, 0.15) is 24.8 Å². The van der Waals surface area contributed by atoms with Crippen LogP contribution >= 0.6 is 0 Å². The zero-order valence-corrected chi connectivity index (χ0v) is 13.3. The van der Waals surface area contributed by atoms with E-state index in [9.17, 15) is 4.79 Å². The van der Waals surface area contributed by atoms with Gasteiger partial charge in [-0.15, -0.1) is 0 Å². The smallest absolute Gasteiger partial charge is 0.248 e. The molecule has 3 atom stereocenters. The number of amides is 1. The van der Waals surface area contributed by atoms with Gasteiger partial charge < -0.3 is 19.5 Å². The molecule has 6 nitrogen and oxygen atoms in total. The van der Waals surface area contributed by atoms with Crippen LogP contribution in [0.15, 0.2) is 18.2 Å². The number of hydrogen-bond acceptors (Lipinski definition) is 5. The number of rotatable bonds is 3. The van der Waals surface area contributed by atoms with E-state index >= 15 is 0 Å². The number of fused-ring (bicyclic) bond motifs is 2. The van der Waals surface area contributed by atoms with Crippen molar-refractivity contribution in [1.29, 1.82) is 0 Å². The number of carbonyl (C=O) groups excluding carboxylic acids is 1. The van der Waals surface area contributed by atoms with E-state index in [1.54, 1.807) is 7.05 Å². The van der Waals surface area contributed by atoms with E-state index in [0.29, 0.717) is 12.8 Å². The predicted octanol–water partition coefficient (Wildman–Crippen LogP) is 1.28. The first-order valence-corrected chi connectivity index (χ1v) is 8.24. The van der Waals surface area contributed by atoms with E-state index in [1.807, 2.05) is 6.07 Å². The van der Waals surface area contributed by atoms with Crippen molar-refractivity contribution >= 4 is 5.91 Å². The van der Waals surface area contributed by atoms with E-state index in [-0.39, 0.29) is 18.1 Å². The summed E-state index contributed by atoms with van der Waals surface area (Å²) in [5, 5.41) is 2.69. The summed E-state index contributed by atoms with van der Waals surface area (Å²) in [6.07, 6.45) is 2.67. The summed E-state index contributed by atoms with van der Waals surface area (Å²) in [5.41, 5.74) is 1.23. The number of ether oxygens (including phenoxy) is 3. The van der Waals surface area contributed by atoms with Gasteiger partial charge in [-0.25, -0.2) is 0 Å². The second kappa shape index (κ2) is 6.02. The van der Waals surface area contributed by atoms with E-state index in [2.05, 4.69) is 22.3 Å². The molecule has 4 rings (SSSR count). The van der Waals surface area contributed by atoms with Crippen molar-refractivity contribution in [2.75, 3.05) is 20.4 Å². The van der Waals surface area contributed by atoms with Crippen LogP contribution in [0.25, 0.3) is 0 Å². The Morgan fingerprint density at radius 1 is 1.26 bits per heavy atom. The lowest BCUT2D eigenvalue weighted by molar-refractivity contribution is -0.143. The molecule has 0 bridgehead atoms. The van der Waals surface area contributed by atoms with Gasteiger partial charge in [0.1, 0.15) is 6.10 Å². The van der Waals surface area contributed by atoms with Crippen LogP contribution in [0.3, 0.4) is 0 Å². The first kappa shape index (κ1) is 14.8. The summed E-state index contributed by atoms with van der Waals surface area (Å²) in [7, 11) is 1.67. The number of nitrogens with zero attached hydrogens (tertiary/aromatic N) is 1. The fourth-order valence-electron chi connectivity index (χ4n) is 3.84. The van der Waals surface area contributed by atoms with Gasteiger partial charge in [0.2, 0.25) is 12.7 Å². The number of likely N-dealkylation sites (N-methyl/N-ethyl adjacent to an activating group) is 1. The Hall–Kier alpha value is -1.79. The highest BCUT2D eigenvalue weighted by molar-refractivity contribution is 5.80. The molecule has 0 saturated carbocycles. The Balaban J connectivity index is 1.41. The van der Waals surface area contributed by atoms with Gasteiger partial charge in [-0.2, -0.15) is 0 Å². The summed E-state index contributed by atoms with van der Waals surface area (Å²) in [6, 6.07) is 6.54. The molecule has 3 aliphatic heterocycles. The molecule has 6 heteroatoms. The zero-order chi connectivity index (χ0) is 15.8. The Kier molecular flexibility index (Phi) is 3.87. The summed E-state index contributed by atoms with van der Waals surface area (Å²) >= 11 is 0. The summed E-state index contributed by atoms with van der Waals surface area (Å²) in [5.74, 6) is 1.65. The maximum atomic E-state index is 11.8. The quantitative estimate of drug-likeness (QED) is 0.910. The van der Waals surface area contributed by atoms with E-state index < -0.39 is 0 Å². The van der Waals surface area contributed by atoms with Crippen LogP contribution in [0, 0.1) is 0 Å². The number of benzene rings is 1.